The Labute approximate surface area is 463 Å². The van der Waals surface area contributed by atoms with Gasteiger partial charge in [0.1, 0.15) is 29.9 Å². The number of rotatable bonds is 14. The average molecular weight is 1080 g/mol. The summed E-state index contributed by atoms with van der Waals surface area (Å²) < 4.78 is 34.0. The molecular weight excluding hydrogens is 1020 g/mol. The van der Waals surface area contributed by atoms with Gasteiger partial charge in [0.2, 0.25) is 11.8 Å². The molecule has 0 radical (unpaired) electrons. The summed E-state index contributed by atoms with van der Waals surface area (Å²) in [7, 11) is 5.38. The first-order valence-electron chi connectivity index (χ1n) is 26.3. The number of hydrogen-bond donors (Lipinski definition) is 2. The van der Waals surface area contributed by atoms with E-state index in [1.807, 2.05) is 108 Å². The summed E-state index contributed by atoms with van der Waals surface area (Å²) >= 11 is 0. The highest BCUT2D eigenvalue weighted by Crippen LogP contribution is 2.66. The molecule has 6 aromatic rings. The molecule has 4 heterocycles. The van der Waals surface area contributed by atoms with Crippen LogP contribution >= 0.6 is 0 Å². The van der Waals surface area contributed by atoms with Gasteiger partial charge in [-0.15, -0.1) is 0 Å². The second-order valence-corrected chi connectivity index (χ2v) is 20.0. The maximum absolute atomic E-state index is 17.1. The standard InChI is InChI=1S/C63H60N4O13/c1-38(40-18-9-6-10-19-40)64-62(74)66-49-28-27-39(17-15-26-47(58(70)77-4)59(71)78-5)33-48(49)63(61(66)73)52(57(69)65-30-29-43-35-50(75-2)51(76-3)36-45(43)37-65)54-60(72)80-55(42-22-13-8-14-23-42)53(41-20-11-7-12-21-41)67(54)56(63)44-24-16-25-46(34-44)79-32-31-68/h6-14,16,18-25,27-28,33-36,38,47,52-56,68H,26,29-32,37H2,1-5H3,(H,64,74). The molecule has 0 saturated carbocycles. The summed E-state index contributed by atoms with van der Waals surface area (Å²) in [6, 6.07) is 38.4. The van der Waals surface area contributed by atoms with Crippen LogP contribution in [0.25, 0.3) is 0 Å². The fourth-order valence-corrected chi connectivity index (χ4v) is 12.0. The molecule has 410 valence electrons. The lowest BCUT2D eigenvalue weighted by atomic mass is 9.64. The number of nitrogens with one attached hydrogen (secondary N) is 1. The first kappa shape index (κ1) is 54.4. The summed E-state index contributed by atoms with van der Waals surface area (Å²) in [4.78, 5) is 95.4. The van der Waals surface area contributed by atoms with Gasteiger partial charge in [0.25, 0.3) is 0 Å². The van der Waals surface area contributed by atoms with Gasteiger partial charge in [0, 0.05) is 25.1 Å². The minimum atomic E-state index is -2.17. The van der Waals surface area contributed by atoms with Crippen LogP contribution < -0.4 is 24.4 Å². The Kier molecular flexibility index (Phi) is 15.7. The number of benzene rings is 6. The molecule has 80 heavy (non-hydrogen) atoms. The number of aliphatic hydroxyl groups excluding tert-OH is 1. The van der Waals surface area contributed by atoms with Gasteiger partial charge >= 0.3 is 23.9 Å². The summed E-state index contributed by atoms with van der Waals surface area (Å²) in [5, 5.41) is 13.0. The van der Waals surface area contributed by atoms with E-state index in [0.29, 0.717) is 40.4 Å². The van der Waals surface area contributed by atoms with Crippen LogP contribution in [0.3, 0.4) is 0 Å². The zero-order valence-corrected chi connectivity index (χ0v) is 44.8. The zero-order valence-electron chi connectivity index (χ0n) is 44.8. The van der Waals surface area contributed by atoms with Gasteiger partial charge in [-0.05, 0) is 94.8 Å². The molecular formula is C63H60N4O13. The van der Waals surface area contributed by atoms with Crippen molar-refractivity contribution < 1.29 is 62.3 Å². The lowest BCUT2D eigenvalue weighted by molar-refractivity contribution is -0.179. The highest BCUT2D eigenvalue weighted by molar-refractivity contribution is 6.24. The third kappa shape index (κ3) is 9.75. The molecule has 6 aromatic carbocycles. The maximum atomic E-state index is 17.1. The van der Waals surface area contributed by atoms with Crippen LogP contribution in [0.15, 0.2) is 146 Å². The molecule has 7 unspecified atom stereocenters. The van der Waals surface area contributed by atoms with E-state index >= 15 is 19.2 Å². The normalized spacial score (nSPS) is 21.3. The van der Waals surface area contributed by atoms with Gasteiger partial charge in [-0.1, -0.05) is 115 Å². The van der Waals surface area contributed by atoms with Crippen molar-refractivity contribution in [1.82, 2.24) is 15.1 Å². The third-order valence-corrected chi connectivity index (χ3v) is 15.6. The van der Waals surface area contributed by atoms with Gasteiger partial charge in [-0.25, -0.2) is 9.69 Å². The monoisotopic (exact) mass is 1080 g/mol. The number of amides is 4. The number of nitrogens with zero attached hydrogens (tertiary/aromatic N) is 3. The molecule has 17 heteroatoms. The predicted octanol–water partition coefficient (Wildman–Crippen LogP) is 7.50. The van der Waals surface area contributed by atoms with Crippen LogP contribution in [-0.2, 0) is 56.6 Å². The van der Waals surface area contributed by atoms with E-state index in [1.165, 1.54) is 7.11 Å². The second-order valence-electron chi connectivity index (χ2n) is 20.0. The van der Waals surface area contributed by atoms with E-state index in [9.17, 15) is 14.7 Å². The second kappa shape index (κ2) is 23.2. The van der Waals surface area contributed by atoms with Crippen molar-refractivity contribution in [3.8, 4) is 29.1 Å². The molecule has 4 aliphatic heterocycles. The van der Waals surface area contributed by atoms with Gasteiger partial charge in [-0.2, -0.15) is 0 Å². The van der Waals surface area contributed by atoms with Gasteiger partial charge in [-0.3, -0.25) is 28.9 Å². The number of fused-ring (bicyclic) bond motifs is 4. The van der Waals surface area contributed by atoms with Crippen LogP contribution in [0.4, 0.5) is 10.5 Å². The average Bonchev–Trinajstić information content (AvgIpc) is 4.15. The molecule has 0 aliphatic carbocycles. The Morgan fingerprint density at radius 2 is 1.39 bits per heavy atom. The number of ether oxygens (including phenoxy) is 6. The van der Waals surface area contributed by atoms with E-state index in [1.54, 1.807) is 61.4 Å². The number of carbonyl (C=O) groups excluding carboxylic acids is 6. The fraction of sp³-hybridized carbons (Fsp3) is 0.302. The maximum Gasteiger partial charge on any atom is 0.329 e. The topological polar surface area (TPSA) is 200 Å². The Balaban J connectivity index is 1.26. The number of morpholine rings is 1. The first-order valence-corrected chi connectivity index (χ1v) is 26.3. The van der Waals surface area contributed by atoms with Gasteiger partial charge < -0.3 is 43.7 Å². The number of imide groups is 1. The number of methoxy groups -OCH3 is 4. The molecule has 17 nitrogen and oxygen atoms in total. The Morgan fingerprint density at radius 1 is 0.750 bits per heavy atom. The molecule has 2 N–H and O–H groups in total. The smallest absolute Gasteiger partial charge is 0.329 e. The van der Waals surface area contributed by atoms with Crippen LogP contribution in [0, 0.1) is 23.7 Å². The predicted molar refractivity (Wildman–Crippen MR) is 292 cm³/mol. The summed E-state index contributed by atoms with van der Waals surface area (Å²) in [6.45, 7) is 1.65. The van der Waals surface area contributed by atoms with Gasteiger partial charge in [0.05, 0.1) is 64.8 Å². The highest BCUT2D eigenvalue weighted by Gasteiger charge is 2.76. The Hall–Kier alpha value is -8.98. The minimum absolute atomic E-state index is 0.0552. The summed E-state index contributed by atoms with van der Waals surface area (Å²) in [5.41, 5.74) is 2.68. The van der Waals surface area contributed by atoms with Crippen molar-refractivity contribution in [2.75, 3.05) is 53.1 Å². The van der Waals surface area contributed by atoms with Crippen LogP contribution in [0.2, 0.25) is 0 Å². The van der Waals surface area contributed by atoms with Crippen LogP contribution in [0.1, 0.15) is 82.1 Å². The van der Waals surface area contributed by atoms with Crippen molar-refractivity contribution in [3.63, 3.8) is 0 Å². The van der Waals surface area contributed by atoms with Crippen molar-refractivity contribution in [2.45, 2.75) is 62.0 Å². The van der Waals surface area contributed by atoms with E-state index in [2.05, 4.69) is 17.2 Å². The molecule has 1 spiro atoms. The van der Waals surface area contributed by atoms with E-state index < -0.39 is 83.3 Å². The van der Waals surface area contributed by atoms with E-state index in [0.717, 1.165) is 35.8 Å². The number of carbonyl (C=O) groups is 6. The number of esters is 3. The number of cyclic esters (lactones) is 1. The fourth-order valence-electron chi connectivity index (χ4n) is 12.0. The van der Waals surface area contributed by atoms with E-state index in [4.69, 9.17) is 28.4 Å². The number of hydrogen-bond acceptors (Lipinski definition) is 14. The largest absolute Gasteiger partial charge is 0.493 e. The molecule has 4 aliphatic rings. The van der Waals surface area contributed by atoms with Crippen molar-refractivity contribution >= 4 is 41.4 Å². The highest BCUT2D eigenvalue weighted by atomic mass is 16.6. The summed E-state index contributed by atoms with van der Waals surface area (Å²) in [6.07, 6.45) is -0.915. The molecule has 10 rings (SSSR count). The van der Waals surface area contributed by atoms with Gasteiger partial charge in [0.15, 0.2) is 17.4 Å². The van der Waals surface area contributed by atoms with Crippen molar-refractivity contribution in [3.05, 3.63) is 190 Å². The van der Waals surface area contributed by atoms with Crippen molar-refractivity contribution in [2.24, 2.45) is 11.8 Å². The lowest BCUT2D eigenvalue weighted by Crippen LogP contribution is -2.57. The number of aliphatic hydroxyl groups is 1. The Morgan fingerprint density at radius 3 is 2.04 bits per heavy atom. The molecule has 2 fully saturated rings. The SMILES string of the molecule is COC(=O)C(CC#Cc1ccc2c(c1)C1(C(=O)N2C(=O)NC(C)c2ccccc2)C(C(=O)N2CCc3cc(OC)c(OC)cc3C2)C2C(=O)OC(c3ccccc3)C(c3ccccc3)N2C1c1cccc(OCCO)c1)C(=O)OC. The first-order chi connectivity index (χ1) is 38.9. The zero-order chi connectivity index (χ0) is 56.2. The molecule has 7 atom stereocenters. The van der Waals surface area contributed by atoms with Crippen LogP contribution in [0.5, 0.6) is 17.2 Å². The quantitative estimate of drug-likeness (QED) is 0.0470. The molecule has 0 aromatic heterocycles. The van der Waals surface area contributed by atoms with Crippen LogP contribution in [-0.4, -0.2) is 105 Å². The van der Waals surface area contributed by atoms with Crippen molar-refractivity contribution in [1.29, 1.82) is 0 Å². The third-order valence-electron chi connectivity index (χ3n) is 15.6. The molecule has 2 saturated heterocycles. The summed E-state index contributed by atoms with van der Waals surface area (Å²) in [5.74, 6) is 0.490. The number of anilines is 1. The van der Waals surface area contributed by atoms with E-state index in [-0.39, 0.29) is 49.5 Å². The minimum Gasteiger partial charge on any atom is -0.493 e. The lowest BCUT2D eigenvalue weighted by Gasteiger charge is -2.46. The molecule has 0 bridgehead atoms. The molecule has 4 amide bonds. The Bertz CT molecular complexity index is 3390. The number of urea groups is 1.